The van der Waals surface area contributed by atoms with Gasteiger partial charge in [0, 0.05) is 0 Å². The summed E-state index contributed by atoms with van der Waals surface area (Å²) in [5, 5.41) is 0. The minimum absolute atomic E-state index is 0.842. The molecule has 0 unspecified atom stereocenters. The molecular formula is C18H27N. The Balaban J connectivity index is 1.50. The smallest absolute Gasteiger partial charge is 0.00185 e. The minimum Gasteiger partial charge on any atom is -0.303 e. The van der Waals surface area contributed by atoms with Crippen molar-refractivity contribution in [2.45, 2.75) is 57.3 Å². The third-order valence-corrected chi connectivity index (χ3v) is 4.97. The van der Waals surface area contributed by atoms with Crippen LogP contribution in [0.2, 0.25) is 0 Å². The van der Waals surface area contributed by atoms with Gasteiger partial charge in [0.2, 0.25) is 0 Å². The van der Waals surface area contributed by atoms with Crippen molar-refractivity contribution in [2.75, 3.05) is 19.6 Å². The Morgan fingerprint density at radius 3 is 2.74 bits per heavy atom. The standard InChI is InChI=1S/C18H27N/c1-4-13-19(14-5-1)15-7-11-17-10-6-9-16-8-2-3-12-18(16)17/h2-3,8,12,17H,1,4-7,9-11,13-15H2/t17-/m0/s1. The number of benzene rings is 1. The van der Waals surface area contributed by atoms with Gasteiger partial charge in [-0.25, -0.2) is 0 Å². The van der Waals surface area contributed by atoms with E-state index in [2.05, 4.69) is 29.2 Å². The van der Waals surface area contributed by atoms with Crippen LogP contribution in [-0.4, -0.2) is 24.5 Å². The van der Waals surface area contributed by atoms with E-state index in [9.17, 15) is 0 Å². The van der Waals surface area contributed by atoms with Gasteiger partial charge in [0.25, 0.3) is 0 Å². The van der Waals surface area contributed by atoms with E-state index in [1.54, 1.807) is 11.1 Å². The van der Waals surface area contributed by atoms with Crippen molar-refractivity contribution in [1.82, 2.24) is 4.90 Å². The van der Waals surface area contributed by atoms with E-state index in [1.807, 2.05) is 0 Å². The molecule has 0 saturated carbocycles. The van der Waals surface area contributed by atoms with Gasteiger partial charge < -0.3 is 4.90 Å². The molecule has 1 atom stereocenters. The molecule has 1 aliphatic carbocycles. The van der Waals surface area contributed by atoms with E-state index in [-0.39, 0.29) is 0 Å². The van der Waals surface area contributed by atoms with Crippen molar-refractivity contribution in [2.24, 2.45) is 0 Å². The highest BCUT2D eigenvalue weighted by molar-refractivity contribution is 5.32. The molecular weight excluding hydrogens is 230 g/mol. The van der Waals surface area contributed by atoms with E-state index in [0.29, 0.717) is 0 Å². The number of piperidine rings is 1. The van der Waals surface area contributed by atoms with Crippen molar-refractivity contribution in [3.05, 3.63) is 35.4 Å². The summed E-state index contributed by atoms with van der Waals surface area (Å²) in [5.74, 6) is 0.842. The molecule has 1 aromatic carbocycles. The maximum Gasteiger partial charge on any atom is -0.00185 e. The Morgan fingerprint density at radius 1 is 1.00 bits per heavy atom. The Labute approximate surface area is 118 Å². The van der Waals surface area contributed by atoms with Crippen LogP contribution in [0.4, 0.5) is 0 Å². The zero-order valence-electron chi connectivity index (χ0n) is 12.1. The van der Waals surface area contributed by atoms with E-state index < -0.39 is 0 Å². The third kappa shape index (κ3) is 3.39. The molecule has 3 rings (SSSR count). The summed E-state index contributed by atoms with van der Waals surface area (Å²) in [6, 6.07) is 9.14. The van der Waals surface area contributed by atoms with Gasteiger partial charge in [-0.15, -0.1) is 0 Å². The second kappa shape index (κ2) is 6.56. The van der Waals surface area contributed by atoms with Crippen LogP contribution < -0.4 is 0 Å². The van der Waals surface area contributed by atoms with Crippen LogP contribution in [-0.2, 0) is 6.42 Å². The number of hydrogen-bond acceptors (Lipinski definition) is 1. The summed E-state index contributed by atoms with van der Waals surface area (Å²) in [7, 11) is 0. The maximum atomic E-state index is 2.68. The Bertz CT molecular complexity index is 392. The minimum atomic E-state index is 0.842. The molecule has 0 amide bonds. The van der Waals surface area contributed by atoms with Gasteiger partial charge in [-0.05, 0) is 81.6 Å². The SMILES string of the molecule is c1ccc2c(c1)CCC[C@H]2CCCN1CCCCC1. The van der Waals surface area contributed by atoms with Gasteiger partial charge in [0.15, 0.2) is 0 Å². The first-order valence-electron chi connectivity index (χ1n) is 8.23. The summed E-state index contributed by atoms with van der Waals surface area (Å²) < 4.78 is 0. The zero-order chi connectivity index (χ0) is 12.9. The quantitative estimate of drug-likeness (QED) is 0.774. The number of hydrogen-bond donors (Lipinski definition) is 0. The lowest BCUT2D eigenvalue weighted by molar-refractivity contribution is 0.222. The first-order chi connectivity index (χ1) is 9.43. The van der Waals surface area contributed by atoms with Crippen molar-refractivity contribution < 1.29 is 0 Å². The van der Waals surface area contributed by atoms with Gasteiger partial charge in [0.1, 0.15) is 0 Å². The molecule has 2 aliphatic rings. The number of aryl methyl sites for hydroxylation is 1. The molecule has 19 heavy (non-hydrogen) atoms. The molecule has 104 valence electrons. The van der Waals surface area contributed by atoms with E-state index in [1.165, 1.54) is 71.0 Å². The summed E-state index contributed by atoms with van der Waals surface area (Å²) in [4.78, 5) is 2.68. The molecule has 1 aliphatic heterocycles. The fourth-order valence-electron chi connectivity index (χ4n) is 3.90. The summed E-state index contributed by atoms with van der Waals surface area (Å²) >= 11 is 0. The largest absolute Gasteiger partial charge is 0.303 e. The van der Waals surface area contributed by atoms with E-state index >= 15 is 0 Å². The maximum absolute atomic E-state index is 2.68. The normalized spacial score (nSPS) is 24.1. The topological polar surface area (TPSA) is 3.24 Å². The molecule has 1 heteroatoms. The second-order valence-corrected chi connectivity index (χ2v) is 6.33. The molecule has 1 saturated heterocycles. The van der Waals surface area contributed by atoms with E-state index in [0.717, 1.165) is 5.92 Å². The molecule has 1 aromatic rings. The lowest BCUT2D eigenvalue weighted by Gasteiger charge is -2.29. The average Bonchev–Trinajstić information content (AvgIpc) is 2.49. The summed E-state index contributed by atoms with van der Waals surface area (Å²) in [6.07, 6.45) is 11.2. The first kappa shape index (κ1) is 13.2. The highest BCUT2D eigenvalue weighted by Crippen LogP contribution is 2.34. The molecule has 0 aromatic heterocycles. The van der Waals surface area contributed by atoms with Crippen LogP contribution >= 0.6 is 0 Å². The van der Waals surface area contributed by atoms with Crippen LogP contribution in [0.5, 0.6) is 0 Å². The molecule has 0 bridgehead atoms. The van der Waals surface area contributed by atoms with Crippen molar-refractivity contribution in [3.8, 4) is 0 Å². The Morgan fingerprint density at radius 2 is 1.84 bits per heavy atom. The van der Waals surface area contributed by atoms with Crippen LogP contribution in [0, 0.1) is 0 Å². The number of nitrogens with zero attached hydrogens (tertiary/aromatic N) is 1. The van der Waals surface area contributed by atoms with Gasteiger partial charge in [-0.2, -0.15) is 0 Å². The first-order valence-corrected chi connectivity index (χ1v) is 8.23. The monoisotopic (exact) mass is 257 g/mol. The number of fused-ring (bicyclic) bond motifs is 1. The van der Waals surface area contributed by atoms with Crippen molar-refractivity contribution in [3.63, 3.8) is 0 Å². The van der Waals surface area contributed by atoms with Crippen molar-refractivity contribution >= 4 is 0 Å². The lowest BCUT2D eigenvalue weighted by Crippen LogP contribution is -2.30. The van der Waals surface area contributed by atoms with Crippen LogP contribution in [0.25, 0.3) is 0 Å². The average molecular weight is 257 g/mol. The van der Waals surface area contributed by atoms with Crippen LogP contribution in [0.1, 0.15) is 62.0 Å². The highest BCUT2D eigenvalue weighted by atomic mass is 15.1. The fourth-order valence-corrected chi connectivity index (χ4v) is 3.90. The predicted octanol–water partition coefficient (Wildman–Crippen LogP) is 4.37. The highest BCUT2D eigenvalue weighted by Gasteiger charge is 2.19. The third-order valence-electron chi connectivity index (χ3n) is 4.97. The van der Waals surface area contributed by atoms with Gasteiger partial charge >= 0.3 is 0 Å². The Kier molecular flexibility index (Phi) is 4.55. The Hall–Kier alpha value is -0.820. The van der Waals surface area contributed by atoms with Gasteiger partial charge in [-0.1, -0.05) is 30.7 Å². The van der Waals surface area contributed by atoms with Crippen molar-refractivity contribution in [1.29, 1.82) is 0 Å². The second-order valence-electron chi connectivity index (χ2n) is 6.33. The number of likely N-dealkylation sites (tertiary alicyclic amines) is 1. The molecule has 1 heterocycles. The number of rotatable bonds is 4. The molecule has 0 spiro atoms. The molecule has 0 N–H and O–H groups in total. The lowest BCUT2D eigenvalue weighted by atomic mass is 9.80. The van der Waals surface area contributed by atoms with Crippen LogP contribution in [0.3, 0.4) is 0 Å². The summed E-state index contributed by atoms with van der Waals surface area (Å²) in [5.41, 5.74) is 3.28. The molecule has 0 radical (unpaired) electrons. The van der Waals surface area contributed by atoms with Crippen LogP contribution in [0.15, 0.2) is 24.3 Å². The van der Waals surface area contributed by atoms with Gasteiger partial charge in [-0.3, -0.25) is 0 Å². The predicted molar refractivity (Wildman–Crippen MR) is 81.6 cm³/mol. The van der Waals surface area contributed by atoms with E-state index in [4.69, 9.17) is 0 Å². The zero-order valence-corrected chi connectivity index (χ0v) is 12.1. The molecule has 1 nitrogen and oxygen atoms in total. The fraction of sp³-hybridized carbons (Fsp3) is 0.667. The molecule has 1 fully saturated rings. The summed E-state index contributed by atoms with van der Waals surface area (Å²) in [6.45, 7) is 4.03. The van der Waals surface area contributed by atoms with Gasteiger partial charge in [0.05, 0.1) is 0 Å².